The zero-order chi connectivity index (χ0) is 18.5. The second-order valence-electron chi connectivity index (χ2n) is 5.37. The van der Waals surface area contributed by atoms with Crippen LogP contribution in [0.1, 0.15) is 15.9 Å². The molecule has 0 radical (unpaired) electrons. The number of nitrogens with zero attached hydrogens (tertiary/aromatic N) is 3. The van der Waals surface area contributed by atoms with E-state index in [0.29, 0.717) is 22.6 Å². The summed E-state index contributed by atoms with van der Waals surface area (Å²) >= 11 is 0. The highest BCUT2D eigenvalue weighted by Gasteiger charge is 2.14. The van der Waals surface area contributed by atoms with Crippen molar-refractivity contribution >= 4 is 17.3 Å². The zero-order valence-corrected chi connectivity index (χ0v) is 13.7. The molecule has 0 unspecified atom stereocenters. The van der Waals surface area contributed by atoms with Gasteiger partial charge in [0.2, 0.25) is 0 Å². The van der Waals surface area contributed by atoms with E-state index in [0.717, 1.165) is 0 Å². The Morgan fingerprint density at radius 1 is 1.12 bits per heavy atom. The van der Waals surface area contributed by atoms with E-state index in [-0.39, 0.29) is 17.6 Å². The molecule has 2 aromatic carbocycles. The summed E-state index contributed by atoms with van der Waals surface area (Å²) in [6, 6.07) is 12.8. The monoisotopic (exact) mass is 350 g/mol. The summed E-state index contributed by atoms with van der Waals surface area (Å²) < 4.78 is 5.48. The van der Waals surface area contributed by atoms with E-state index in [4.69, 9.17) is 4.74 Å². The second kappa shape index (κ2) is 7.39. The van der Waals surface area contributed by atoms with Gasteiger partial charge in [0.25, 0.3) is 11.6 Å². The van der Waals surface area contributed by atoms with E-state index in [1.54, 1.807) is 49.6 Å². The van der Waals surface area contributed by atoms with Gasteiger partial charge < -0.3 is 10.1 Å². The molecule has 8 heteroatoms. The molecule has 0 aliphatic rings. The molecule has 0 aliphatic carbocycles. The Morgan fingerprint density at radius 2 is 1.81 bits per heavy atom. The van der Waals surface area contributed by atoms with E-state index >= 15 is 0 Å². The fraction of sp³-hybridized carbons (Fsp3) is 0.0556. The lowest BCUT2D eigenvalue weighted by Gasteiger charge is -2.08. The van der Waals surface area contributed by atoms with Crippen LogP contribution < -0.4 is 10.1 Å². The van der Waals surface area contributed by atoms with Crippen LogP contribution >= 0.6 is 0 Å². The van der Waals surface area contributed by atoms with Crippen LogP contribution in [0, 0.1) is 17.0 Å². The minimum Gasteiger partial charge on any atom is -0.424 e. The number of amides is 1. The third kappa shape index (κ3) is 3.99. The third-order valence-electron chi connectivity index (χ3n) is 3.52. The maximum absolute atomic E-state index is 12.3. The number of carbonyl (C=O) groups is 1. The summed E-state index contributed by atoms with van der Waals surface area (Å²) in [6.45, 7) is 1.59. The number of anilines is 1. The van der Waals surface area contributed by atoms with Crippen LogP contribution in [-0.2, 0) is 0 Å². The fourth-order valence-corrected chi connectivity index (χ4v) is 2.25. The number of nitro benzene ring substituents is 1. The van der Waals surface area contributed by atoms with Gasteiger partial charge in [0, 0.05) is 35.3 Å². The van der Waals surface area contributed by atoms with Crippen LogP contribution in [-0.4, -0.2) is 20.8 Å². The predicted octanol–water partition coefficient (Wildman–Crippen LogP) is 3.74. The molecular weight excluding hydrogens is 336 g/mol. The number of ether oxygens (including phenoxy) is 1. The molecule has 0 bridgehead atoms. The van der Waals surface area contributed by atoms with Crippen LogP contribution in [0.3, 0.4) is 0 Å². The summed E-state index contributed by atoms with van der Waals surface area (Å²) in [7, 11) is 0. The first-order valence-corrected chi connectivity index (χ1v) is 7.64. The van der Waals surface area contributed by atoms with E-state index in [2.05, 4.69) is 15.3 Å². The topological polar surface area (TPSA) is 107 Å². The number of rotatable bonds is 5. The van der Waals surface area contributed by atoms with Crippen LogP contribution in [0.25, 0.3) is 0 Å². The lowest BCUT2D eigenvalue weighted by atomic mass is 10.1. The van der Waals surface area contributed by atoms with Gasteiger partial charge in [-0.2, -0.15) is 0 Å². The van der Waals surface area contributed by atoms with Gasteiger partial charge in [0.05, 0.1) is 4.92 Å². The van der Waals surface area contributed by atoms with Crippen molar-refractivity contribution in [2.45, 2.75) is 6.92 Å². The van der Waals surface area contributed by atoms with Crippen molar-refractivity contribution in [2.75, 3.05) is 5.32 Å². The fourth-order valence-electron chi connectivity index (χ4n) is 2.25. The number of nitrogens with one attached hydrogen (secondary N) is 1. The van der Waals surface area contributed by atoms with Crippen molar-refractivity contribution in [3.05, 3.63) is 82.2 Å². The van der Waals surface area contributed by atoms with Crippen molar-refractivity contribution in [3.8, 4) is 11.8 Å². The number of nitro groups is 1. The molecule has 1 amide bonds. The third-order valence-corrected chi connectivity index (χ3v) is 3.52. The standard InChI is InChI=1S/C18H14N4O4/c1-12-11-13(3-8-16(12)22(24)25)17(23)21-14-4-6-15(7-5-14)26-18-19-9-2-10-20-18/h2-11H,1H3,(H,21,23). The van der Waals surface area contributed by atoms with Gasteiger partial charge in [0.1, 0.15) is 5.75 Å². The lowest BCUT2D eigenvalue weighted by molar-refractivity contribution is -0.385. The van der Waals surface area contributed by atoms with Gasteiger partial charge in [-0.1, -0.05) is 0 Å². The Bertz CT molecular complexity index is 943. The van der Waals surface area contributed by atoms with E-state index in [9.17, 15) is 14.9 Å². The molecular formula is C18H14N4O4. The van der Waals surface area contributed by atoms with E-state index in [1.807, 2.05) is 0 Å². The van der Waals surface area contributed by atoms with Crippen LogP contribution in [0.5, 0.6) is 11.8 Å². The Hall–Kier alpha value is -3.81. The molecule has 0 aliphatic heterocycles. The summed E-state index contributed by atoms with van der Waals surface area (Å²) in [5.74, 6) is 0.170. The SMILES string of the molecule is Cc1cc(C(=O)Nc2ccc(Oc3ncccn3)cc2)ccc1[N+](=O)[O-]. The molecule has 26 heavy (non-hydrogen) atoms. The molecule has 1 N–H and O–H groups in total. The number of aromatic nitrogens is 2. The normalized spacial score (nSPS) is 10.2. The molecule has 0 saturated heterocycles. The Morgan fingerprint density at radius 3 is 2.42 bits per heavy atom. The molecule has 1 heterocycles. The molecule has 0 spiro atoms. The van der Waals surface area contributed by atoms with Crippen molar-refractivity contribution in [2.24, 2.45) is 0 Å². The molecule has 3 aromatic rings. The van der Waals surface area contributed by atoms with Gasteiger partial charge in [-0.25, -0.2) is 9.97 Å². The van der Waals surface area contributed by atoms with Crippen LogP contribution in [0.15, 0.2) is 60.9 Å². The first-order valence-electron chi connectivity index (χ1n) is 7.64. The number of carbonyl (C=O) groups excluding carboxylic acids is 1. The van der Waals surface area contributed by atoms with Gasteiger partial charge in [0.15, 0.2) is 0 Å². The van der Waals surface area contributed by atoms with Gasteiger partial charge in [-0.3, -0.25) is 14.9 Å². The largest absolute Gasteiger partial charge is 0.424 e. The summed E-state index contributed by atoms with van der Waals surface area (Å²) in [5.41, 5.74) is 1.30. The van der Waals surface area contributed by atoms with Gasteiger partial charge >= 0.3 is 6.01 Å². The number of hydrogen-bond donors (Lipinski definition) is 1. The number of benzene rings is 2. The molecule has 0 fully saturated rings. The van der Waals surface area contributed by atoms with Crippen LogP contribution in [0.2, 0.25) is 0 Å². The number of aryl methyl sites for hydroxylation is 1. The summed E-state index contributed by atoms with van der Waals surface area (Å²) in [5, 5.41) is 13.6. The van der Waals surface area contributed by atoms with E-state index in [1.165, 1.54) is 18.2 Å². The Labute approximate surface area is 148 Å². The molecule has 1 aromatic heterocycles. The molecule has 0 atom stereocenters. The molecule has 8 nitrogen and oxygen atoms in total. The smallest absolute Gasteiger partial charge is 0.321 e. The predicted molar refractivity (Wildman–Crippen MR) is 94.3 cm³/mol. The zero-order valence-electron chi connectivity index (χ0n) is 13.7. The Balaban J connectivity index is 1.68. The van der Waals surface area contributed by atoms with Crippen molar-refractivity contribution in [1.82, 2.24) is 9.97 Å². The first kappa shape index (κ1) is 17.0. The average Bonchev–Trinajstić information content (AvgIpc) is 2.64. The summed E-state index contributed by atoms with van der Waals surface area (Å²) in [4.78, 5) is 30.6. The second-order valence-corrected chi connectivity index (χ2v) is 5.37. The Kier molecular flexibility index (Phi) is 4.84. The highest BCUT2D eigenvalue weighted by atomic mass is 16.6. The summed E-state index contributed by atoms with van der Waals surface area (Å²) in [6.07, 6.45) is 3.15. The first-order chi connectivity index (χ1) is 12.5. The van der Waals surface area contributed by atoms with Crippen LogP contribution in [0.4, 0.5) is 11.4 Å². The highest BCUT2D eigenvalue weighted by molar-refractivity contribution is 6.04. The minimum atomic E-state index is -0.480. The van der Waals surface area contributed by atoms with Crippen molar-refractivity contribution in [1.29, 1.82) is 0 Å². The minimum absolute atomic E-state index is 0.0221. The maximum atomic E-state index is 12.3. The maximum Gasteiger partial charge on any atom is 0.321 e. The molecule has 130 valence electrons. The van der Waals surface area contributed by atoms with Crippen molar-refractivity contribution < 1.29 is 14.5 Å². The quantitative estimate of drug-likeness (QED) is 0.555. The number of hydrogen-bond acceptors (Lipinski definition) is 6. The lowest BCUT2D eigenvalue weighted by Crippen LogP contribution is -2.12. The molecule has 0 saturated carbocycles. The van der Waals surface area contributed by atoms with Gasteiger partial charge in [-0.05, 0) is 49.4 Å². The average molecular weight is 350 g/mol. The van der Waals surface area contributed by atoms with Crippen molar-refractivity contribution in [3.63, 3.8) is 0 Å². The highest BCUT2D eigenvalue weighted by Crippen LogP contribution is 2.22. The molecule has 3 rings (SSSR count). The van der Waals surface area contributed by atoms with E-state index < -0.39 is 4.92 Å². The van der Waals surface area contributed by atoms with Gasteiger partial charge in [-0.15, -0.1) is 0 Å².